The molecule has 21 heavy (non-hydrogen) atoms. The summed E-state index contributed by atoms with van der Waals surface area (Å²) in [5.74, 6) is 2.44. The number of nitrogens with zero attached hydrogens (tertiary/aromatic N) is 2. The summed E-state index contributed by atoms with van der Waals surface area (Å²) in [7, 11) is 0. The lowest BCUT2D eigenvalue weighted by Gasteiger charge is -2.21. The van der Waals surface area contributed by atoms with Crippen molar-refractivity contribution in [2.75, 3.05) is 18.4 Å². The van der Waals surface area contributed by atoms with Crippen LogP contribution in [0, 0.1) is 11.3 Å². The molecule has 0 saturated heterocycles. The summed E-state index contributed by atoms with van der Waals surface area (Å²) in [6.45, 7) is 10.3. The minimum Gasteiger partial charge on any atom is -0.369 e. The van der Waals surface area contributed by atoms with Gasteiger partial charge in [-0.1, -0.05) is 27.7 Å². The van der Waals surface area contributed by atoms with Gasteiger partial charge in [0.15, 0.2) is 0 Å². The number of amides is 1. The maximum atomic E-state index is 12.0. The second-order valence-corrected chi connectivity index (χ2v) is 7.19. The van der Waals surface area contributed by atoms with E-state index in [0.717, 1.165) is 30.2 Å². The summed E-state index contributed by atoms with van der Waals surface area (Å²) in [6, 6.07) is 0. The highest BCUT2D eigenvalue weighted by Gasteiger charge is 2.45. The minimum atomic E-state index is -0.0737. The fraction of sp³-hybridized carbons (Fsp3) is 0.688. The van der Waals surface area contributed by atoms with Gasteiger partial charge in [-0.05, 0) is 24.2 Å². The van der Waals surface area contributed by atoms with Crippen molar-refractivity contribution in [2.45, 2.75) is 46.5 Å². The number of carbonyl (C=O) groups is 1. The van der Waals surface area contributed by atoms with Gasteiger partial charge in [0.2, 0.25) is 0 Å². The molecule has 1 amide bonds. The van der Waals surface area contributed by atoms with Crippen molar-refractivity contribution in [1.29, 1.82) is 0 Å². The fourth-order valence-corrected chi connectivity index (χ4v) is 2.86. The van der Waals surface area contributed by atoms with Crippen LogP contribution in [-0.2, 0) is 6.42 Å². The van der Waals surface area contributed by atoms with Crippen LogP contribution >= 0.6 is 0 Å². The largest absolute Gasteiger partial charge is 0.369 e. The Bertz CT molecular complexity index is 580. The summed E-state index contributed by atoms with van der Waals surface area (Å²) < 4.78 is 0. The molecule has 1 atom stereocenters. The molecule has 0 spiro atoms. The highest BCUT2D eigenvalue weighted by molar-refractivity contribution is 5.96. The van der Waals surface area contributed by atoms with E-state index in [-0.39, 0.29) is 11.8 Å². The van der Waals surface area contributed by atoms with E-state index in [2.05, 4.69) is 48.3 Å². The molecule has 1 aromatic heterocycles. The second kappa shape index (κ2) is 4.97. The Morgan fingerprint density at radius 3 is 2.71 bits per heavy atom. The molecule has 3 rings (SSSR count). The molecular weight excluding hydrogens is 264 g/mol. The van der Waals surface area contributed by atoms with Crippen LogP contribution in [-0.4, -0.2) is 29.0 Å². The predicted octanol–water partition coefficient (Wildman–Crippen LogP) is 2.34. The summed E-state index contributed by atoms with van der Waals surface area (Å²) >= 11 is 0. The normalized spacial score (nSPS) is 22.7. The summed E-state index contributed by atoms with van der Waals surface area (Å²) in [4.78, 5) is 21.2. The zero-order valence-corrected chi connectivity index (χ0v) is 13.3. The molecule has 5 nitrogen and oxygen atoms in total. The van der Waals surface area contributed by atoms with Crippen molar-refractivity contribution in [3.05, 3.63) is 17.1 Å². The number of anilines is 1. The molecule has 2 aliphatic rings. The third kappa shape index (κ3) is 2.74. The van der Waals surface area contributed by atoms with Crippen LogP contribution in [0.15, 0.2) is 0 Å². The standard InChI is InChI=1S/C16H24N4O/c1-9(2)13-19-12-11(5-6-17-15(12)21)14(20-13)18-8-10-7-16(10,3)4/h9-10H,5-8H2,1-4H3,(H,17,21)(H,18,19,20). The van der Waals surface area contributed by atoms with E-state index in [9.17, 15) is 4.79 Å². The maximum Gasteiger partial charge on any atom is 0.270 e. The third-order valence-corrected chi connectivity index (χ3v) is 4.65. The Balaban J connectivity index is 1.88. The number of aromatic nitrogens is 2. The Kier molecular flexibility index (Phi) is 3.38. The molecular formula is C16H24N4O. The zero-order chi connectivity index (χ0) is 15.2. The number of fused-ring (bicyclic) bond motifs is 1. The lowest BCUT2D eigenvalue weighted by Crippen LogP contribution is -2.34. The number of nitrogens with one attached hydrogen (secondary N) is 2. The van der Waals surface area contributed by atoms with Gasteiger partial charge in [-0.2, -0.15) is 0 Å². The van der Waals surface area contributed by atoms with Gasteiger partial charge in [0, 0.05) is 24.6 Å². The minimum absolute atomic E-state index is 0.0737. The SMILES string of the molecule is CC(C)c1nc(NCC2CC2(C)C)c2c(n1)C(=O)NCC2. The van der Waals surface area contributed by atoms with Crippen molar-refractivity contribution in [3.63, 3.8) is 0 Å². The lowest BCUT2D eigenvalue weighted by atomic mass is 10.0. The van der Waals surface area contributed by atoms with E-state index < -0.39 is 0 Å². The van der Waals surface area contributed by atoms with Gasteiger partial charge in [-0.25, -0.2) is 9.97 Å². The molecule has 1 saturated carbocycles. The smallest absolute Gasteiger partial charge is 0.270 e. The third-order valence-electron chi connectivity index (χ3n) is 4.65. The van der Waals surface area contributed by atoms with Crippen LogP contribution < -0.4 is 10.6 Å². The van der Waals surface area contributed by atoms with Crippen LogP contribution in [0.5, 0.6) is 0 Å². The molecule has 1 fully saturated rings. The van der Waals surface area contributed by atoms with E-state index >= 15 is 0 Å². The van der Waals surface area contributed by atoms with Gasteiger partial charge in [0.05, 0.1) is 0 Å². The molecule has 1 aliphatic carbocycles. The van der Waals surface area contributed by atoms with Crippen molar-refractivity contribution >= 4 is 11.7 Å². The molecule has 1 aliphatic heterocycles. The first-order valence-electron chi connectivity index (χ1n) is 7.81. The quantitative estimate of drug-likeness (QED) is 0.892. The average Bonchev–Trinajstić information content (AvgIpc) is 3.04. The zero-order valence-electron chi connectivity index (χ0n) is 13.3. The van der Waals surface area contributed by atoms with Crippen molar-refractivity contribution in [3.8, 4) is 0 Å². The Hall–Kier alpha value is -1.65. The van der Waals surface area contributed by atoms with E-state index in [4.69, 9.17) is 0 Å². The Morgan fingerprint density at radius 1 is 1.38 bits per heavy atom. The molecule has 0 aromatic carbocycles. The summed E-state index contributed by atoms with van der Waals surface area (Å²) in [6.07, 6.45) is 2.06. The first kappa shape index (κ1) is 14.3. The van der Waals surface area contributed by atoms with Gasteiger partial charge >= 0.3 is 0 Å². The Labute approximate surface area is 125 Å². The molecule has 1 unspecified atom stereocenters. The highest BCUT2D eigenvalue weighted by atomic mass is 16.1. The van der Waals surface area contributed by atoms with Gasteiger partial charge in [0.25, 0.3) is 5.91 Å². The van der Waals surface area contributed by atoms with Crippen LogP contribution in [0.25, 0.3) is 0 Å². The molecule has 1 aromatic rings. The maximum absolute atomic E-state index is 12.0. The predicted molar refractivity (Wildman–Crippen MR) is 82.5 cm³/mol. The van der Waals surface area contributed by atoms with Gasteiger partial charge in [0.1, 0.15) is 17.3 Å². The summed E-state index contributed by atoms with van der Waals surface area (Å²) in [5.41, 5.74) is 1.97. The van der Waals surface area contributed by atoms with Gasteiger partial charge < -0.3 is 10.6 Å². The van der Waals surface area contributed by atoms with Gasteiger partial charge in [-0.3, -0.25) is 4.79 Å². The molecule has 0 bridgehead atoms. The van der Waals surface area contributed by atoms with E-state index in [1.807, 2.05) is 0 Å². The molecule has 2 heterocycles. The van der Waals surface area contributed by atoms with Crippen LogP contribution in [0.3, 0.4) is 0 Å². The molecule has 2 N–H and O–H groups in total. The van der Waals surface area contributed by atoms with Crippen molar-refractivity contribution in [1.82, 2.24) is 15.3 Å². The van der Waals surface area contributed by atoms with Crippen LogP contribution in [0.4, 0.5) is 5.82 Å². The van der Waals surface area contributed by atoms with Gasteiger partial charge in [-0.15, -0.1) is 0 Å². The summed E-state index contributed by atoms with van der Waals surface area (Å²) in [5, 5.41) is 6.34. The van der Waals surface area contributed by atoms with Crippen LogP contribution in [0.1, 0.15) is 61.9 Å². The van der Waals surface area contributed by atoms with Crippen LogP contribution in [0.2, 0.25) is 0 Å². The van der Waals surface area contributed by atoms with E-state index in [1.165, 1.54) is 6.42 Å². The second-order valence-electron chi connectivity index (χ2n) is 7.19. The number of hydrogen-bond acceptors (Lipinski definition) is 4. The number of carbonyl (C=O) groups excluding carboxylic acids is 1. The first-order valence-corrected chi connectivity index (χ1v) is 7.81. The lowest BCUT2D eigenvalue weighted by molar-refractivity contribution is 0.0940. The monoisotopic (exact) mass is 288 g/mol. The van der Waals surface area contributed by atoms with Crippen molar-refractivity contribution in [2.24, 2.45) is 11.3 Å². The average molecular weight is 288 g/mol. The molecule has 0 radical (unpaired) electrons. The van der Waals surface area contributed by atoms with Crippen molar-refractivity contribution < 1.29 is 4.79 Å². The van der Waals surface area contributed by atoms with E-state index in [0.29, 0.717) is 23.6 Å². The number of hydrogen-bond donors (Lipinski definition) is 2. The topological polar surface area (TPSA) is 66.9 Å². The number of rotatable bonds is 4. The Morgan fingerprint density at radius 2 is 2.10 bits per heavy atom. The first-order chi connectivity index (χ1) is 9.88. The molecule has 5 heteroatoms. The van der Waals surface area contributed by atoms with E-state index in [1.54, 1.807) is 0 Å². The fourth-order valence-electron chi connectivity index (χ4n) is 2.86. The highest BCUT2D eigenvalue weighted by Crippen LogP contribution is 2.51. The molecule has 114 valence electrons.